The van der Waals surface area contributed by atoms with Gasteiger partial charge in [-0.25, -0.2) is 0 Å². The minimum Gasteiger partial charge on any atom is -0.389 e. The van der Waals surface area contributed by atoms with Crippen molar-refractivity contribution < 1.29 is 5.11 Å². The van der Waals surface area contributed by atoms with Crippen molar-refractivity contribution in [3.05, 3.63) is 11.6 Å². The lowest BCUT2D eigenvalue weighted by atomic mass is 9.72. The molecule has 1 aliphatic carbocycles. The zero-order valence-electron chi connectivity index (χ0n) is 10.0. The lowest BCUT2D eigenvalue weighted by molar-refractivity contribution is 0.134. The van der Waals surface area contributed by atoms with Gasteiger partial charge in [0.05, 0.1) is 6.10 Å². The van der Waals surface area contributed by atoms with Crippen molar-refractivity contribution in [2.45, 2.75) is 59.5 Å². The minimum absolute atomic E-state index is 0.214. The van der Waals surface area contributed by atoms with Crippen LogP contribution in [0.5, 0.6) is 0 Å². The van der Waals surface area contributed by atoms with Crippen molar-refractivity contribution in [1.29, 1.82) is 0 Å². The molecule has 0 amide bonds. The monoisotopic (exact) mass is 196 g/mol. The Morgan fingerprint density at radius 2 is 2.00 bits per heavy atom. The van der Waals surface area contributed by atoms with Gasteiger partial charge in [-0.3, -0.25) is 0 Å². The zero-order chi connectivity index (χ0) is 10.8. The third-order valence-electron chi connectivity index (χ3n) is 3.36. The largest absolute Gasteiger partial charge is 0.389 e. The number of allylic oxidation sites excluding steroid dienone is 1. The molecule has 0 bridgehead atoms. The zero-order valence-corrected chi connectivity index (χ0v) is 10.0. The van der Waals surface area contributed by atoms with Crippen molar-refractivity contribution in [1.82, 2.24) is 0 Å². The van der Waals surface area contributed by atoms with Crippen molar-refractivity contribution >= 4 is 0 Å². The topological polar surface area (TPSA) is 20.2 Å². The molecule has 0 aromatic carbocycles. The molecule has 1 atom stereocenters. The van der Waals surface area contributed by atoms with Gasteiger partial charge in [-0.1, -0.05) is 39.3 Å². The Morgan fingerprint density at radius 1 is 1.43 bits per heavy atom. The Morgan fingerprint density at radius 3 is 2.43 bits per heavy atom. The number of hydrogen-bond acceptors (Lipinski definition) is 1. The second-order valence-corrected chi connectivity index (χ2v) is 5.37. The van der Waals surface area contributed by atoms with Crippen LogP contribution in [0.3, 0.4) is 0 Å². The summed E-state index contributed by atoms with van der Waals surface area (Å²) in [5.41, 5.74) is 1.77. The molecule has 14 heavy (non-hydrogen) atoms. The molecular weight excluding hydrogens is 172 g/mol. The smallest absolute Gasteiger partial charge is 0.0728 e. The summed E-state index contributed by atoms with van der Waals surface area (Å²) in [6.45, 7) is 8.99. The van der Waals surface area contributed by atoms with Gasteiger partial charge < -0.3 is 5.11 Å². The summed E-state index contributed by atoms with van der Waals surface area (Å²) in [7, 11) is 0. The molecule has 0 fully saturated rings. The molecule has 82 valence electrons. The first kappa shape index (κ1) is 11.8. The molecular formula is C13H24O. The standard InChI is InChI=1S/C13H24O/c1-5-10(6-2)11-7-12(14)9-13(3,4)8-11/h7,10,12,14H,5-6,8-9H2,1-4H3. The van der Waals surface area contributed by atoms with E-state index in [4.69, 9.17) is 0 Å². The van der Waals surface area contributed by atoms with Crippen LogP contribution >= 0.6 is 0 Å². The van der Waals surface area contributed by atoms with E-state index in [-0.39, 0.29) is 11.5 Å². The molecule has 0 aromatic heterocycles. The normalized spacial score (nSPS) is 26.4. The summed E-state index contributed by atoms with van der Waals surface area (Å²) in [5.74, 6) is 0.684. The van der Waals surface area contributed by atoms with Crippen LogP contribution in [-0.4, -0.2) is 11.2 Å². The quantitative estimate of drug-likeness (QED) is 0.685. The predicted octanol–water partition coefficient (Wildman–Crippen LogP) is 3.53. The molecule has 1 aliphatic rings. The van der Waals surface area contributed by atoms with Gasteiger partial charge in [-0.2, -0.15) is 0 Å². The fourth-order valence-electron chi connectivity index (χ4n) is 2.65. The Balaban J connectivity index is 2.77. The highest BCUT2D eigenvalue weighted by Gasteiger charge is 2.29. The Kier molecular flexibility index (Phi) is 3.77. The number of hydrogen-bond donors (Lipinski definition) is 1. The van der Waals surface area contributed by atoms with Crippen molar-refractivity contribution in [3.63, 3.8) is 0 Å². The summed E-state index contributed by atoms with van der Waals surface area (Å²) in [5, 5.41) is 9.78. The summed E-state index contributed by atoms with van der Waals surface area (Å²) in [4.78, 5) is 0. The molecule has 0 radical (unpaired) electrons. The number of aliphatic hydroxyl groups is 1. The fraction of sp³-hybridized carbons (Fsp3) is 0.846. The molecule has 0 aromatic rings. The summed E-state index contributed by atoms with van der Waals surface area (Å²) < 4.78 is 0. The van der Waals surface area contributed by atoms with Crippen LogP contribution in [0.2, 0.25) is 0 Å². The van der Waals surface area contributed by atoms with Crippen LogP contribution in [0, 0.1) is 11.3 Å². The average molecular weight is 196 g/mol. The molecule has 1 rings (SSSR count). The Bertz CT molecular complexity index is 211. The maximum Gasteiger partial charge on any atom is 0.0728 e. The highest BCUT2D eigenvalue weighted by molar-refractivity contribution is 5.15. The first-order valence-corrected chi connectivity index (χ1v) is 5.87. The first-order chi connectivity index (χ1) is 6.48. The van der Waals surface area contributed by atoms with Crippen LogP contribution in [0.4, 0.5) is 0 Å². The van der Waals surface area contributed by atoms with E-state index in [1.807, 2.05) is 0 Å². The number of rotatable bonds is 3. The Hall–Kier alpha value is -0.300. The molecule has 1 heteroatoms. The molecule has 0 aliphatic heterocycles. The van der Waals surface area contributed by atoms with Gasteiger partial charge in [0.1, 0.15) is 0 Å². The molecule has 0 saturated heterocycles. The second kappa shape index (κ2) is 4.48. The lowest BCUT2D eigenvalue weighted by Crippen LogP contribution is -2.27. The van der Waals surface area contributed by atoms with Crippen LogP contribution in [0.1, 0.15) is 53.4 Å². The average Bonchev–Trinajstić information content (AvgIpc) is 2.02. The molecule has 1 nitrogen and oxygen atoms in total. The van der Waals surface area contributed by atoms with Crippen molar-refractivity contribution in [2.24, 2.45) is 11.3 Å². The van der Waals surface area contributed by atoms with E-state index >= 15 is 0 Å². The highest BCUT2D eigenvalue weighted by atomic mass is 16.3. The van der Waals surface area contributed by atoms with Crippen LogP contribution < -0.4 is 0 Å². The summed E-state index contributed by atoms with van der Waals surface area (Å²) in [6, 6.07) is 0. The third-order valence-corrected chi connectivity index (χ3v) is 3.36. The van der Waals surface area contributed by atoms with Gasteiger partial charge in [-0.05, 0) is 37.0 Å². The van der Waals surface area contributed by atoms with E-state index in [0.717, 1.165) is 12.8 Å². The molecule has 1 unspecified atom stereocenters. The van der Waals surface area contributed by atoms with E-state index < -0.39 is 0 Å². The van der Waals surface area contributed by atoms with E-state index in [9.17, 15) is 5.11 Å². The molecule has 1 N–H and O–H groups in total. The van der Waals surface area contributed by atoms with Crippen molar-refractivity contribution in [2.75, 3.05) is 0 Å². The predicted molar refractivity (Wildman–Crippen MR) is 61.2 cm³/mol. The highest BCUT2D eigenvalue weighted by Crippen LogP contribution is 2.39. The van der Waals surface area contributed by atoms with E-state index in [1.165, 1.54) is 18.4 Å². The molecule has 0 heterocycles. The molecule has 0 saturated carbocycles. The van der Waals surface area contributed by atoms with Crippen LogP contribution in [0.15, 0.2) is 11.6 Å². The van der Waals surface area contributed by atoms with E-state index in [0.29, 0.717) is 5.92 Å². The Labute approximate surface area is 88.2 Å². The second-order valence-electron chi connectivity index (χ2n) is 5.37. The van der Waals surface area contributed by atoms with Gasteiger partial charge in [0.2, 0.25) is 0 Å². The maximum absolute atomic E-state index is 9.78. The third kappa shape index (κ3) is 2.84. The van der Waals surface area contributed by atoms with Gasteiger partial charge in [0, 0.05) is 0 Å². The minimum atomic E-state index is -0.214. The lowest BCUT2D eigenvalue weighted by Gasteiger charge is -2.35. The summed E-state index contributed by atoms with van der Waals surface area (Å²) in [6.07, 6.45) is 6.36. The first-order valence-electron chi connectivity index (χ1n) is 5.87. The SMILES string of the molecule is CCC(CC)C1=CC(O)CC(C)(C)C1. The number of aliphatic hydroxyl groups excluding tert-OH is 1. The maximum atomic E-state index is 9.78. The van der Waals surface area contributed by atoms with Gasteiger partial charge in [-0.15, -0.1) is 0 Å². The van der Waals surface area contributed by atoms with Gasteiger partial charge in [0.25, 0.3) is 0 Å². The fourth-order valence-corrected chi connectivity index (χ4v) is 2.65. The van der Waals surface area contributed by atoms with Gasteiger partial charge >= 0.3 is 0 Å². The summed E-state index contributed by atoms with van der Waals surface area (Å²) >= 11 is 0. The van der Waals surface area contributed by atoms with Crippen LogP contribution in [0.25, 0.3) is 0 Å². The van der Waals surface area contributed by atoms with E-state index in [1.54, 1.807) is 0 Å². The van der Waals surface area contributed by atoms with E-state index in [2.05, 4.69) is 33.8 Å². The van der Waals surface area contributed by atoms with Crippen LogP contribution in [-0.2, 0) is 0 Å². The molecule has 0 spiro atoms. The van der Waals surface area contributed by atoms with Crippen molar-refractivity contribution in [3.8, 4) is 0 Å². The van der Waals surface area contributed by atoms with Gasteiger partial charge in [0.15, 0.2) is 0 Å².